The zero-order valence-corrected chi connectivity index (χ0v) is 38.7. The first-order valence-corrected chi connectivity index (χ1v) is 24.5. The number of fused-ring (bicyclic) bond motifs is 12. The van der Waals surface area contributed by atoms with Crippen molar-refractivity contribution >= 4 is 65.3 Å². The van der Waals surface area contributed by atoms with E-state index in [0.717, 1.165) is 50.0 Å². The topological polar surface area (TPSA) is 22.8 Å². The summed E-state index contributed by atoms with van der Waals surface area (Å²) in [5, 5.41) is 8.43. The van der Waals surface area contributed by atoms with E-state index in [1.54, 1.807) is 0 Å². The number of nitrogens with zero attached hydrogens (tertiary/aromatic N) is 3. The molecule has 3 nitrogen and oxygen atoms in total. The third kappa shape index (κ3) is 5.75. The van der Waals surface area contributed by atoms with Crippen molar-refractivity contribution < 1.29 is 0 Å². The minimum absolute atomic E-state index is 0.511. The number of aromatic nitrogens is 3. The molecule has 0 bridgehead atoms. The average molecular weight is 902 g/mol. The van der Waals surface area contributed by atoms with Gasteiger partial charge in [-0.05, 0) is 117 Å². The molecule has 0 fully saturated rings. The fourth-order valence-electron chi connectivity index (χ4n) is 12.4. The number of para-hydroxylation sites is 5. The number of pyridine rings is 1. The third-order valence-electron chi connectivity index (χ3n) is 15.3. The second kappa shape index (κ2) is 15.3. The highest BCUT2D eigenvalue weighted by Crippen LogP contribution is 2.57. The predicted octanol–water partition coefficient (Wildman–Crippen LogP) is 17.3. The third-order valence-corrected chi connectivity index (χ3v) is 15.3. The van der Waals surface area contributed by atoms with Crippen molar-refractivity contribution in [2.75, 3.05) is 0 Å². The van der Waals surface area contributed by atoms with Gasteiger partial charge in [-0.1, -0.05) is 194 Å². The molecule has 0 amide bonds. The van der Waals surface area contributed by atoms with Gasteiger partial charge in [-0.3, -0.25) is 0 Å². The van der Waals surface area contributed by atoms with Gasteiger partial charge in [0.05, 0.1) is 38.7 Å². The summed E-state index contributed by atoms with van der Waals surface area (Å²) in [7, 11) is 0. The summed E-state index contributed by atoms with van der Waals surface area (Å²) in [6, 6.07) is 96.1. The van der Waals surface area contributed by atoms with Crippen LogP contribution in [0.4, 0.5) is 0 Å². The van der Waals surface area contributed by atoms with E-state index in [2.05, 4.69) is 270 Å². The largest absolute Gasteiger partial charge is 0.309 e. The van der Waals surface area contributed by atoms with Crippen molar-refractivity contribution in [2.24, 2.45) is 0 Å². The van der Waals surface area contributed by atoms with Crippen molar-refractivity contribution in [1.29, 1.82) is 0 Å². The van der Waals surface area contributed by atoms with Crippen molar-refractivity contribution in [1.82, 2.24) is 14.1 Å². The van der Waals surface area contributed by atoms with Crippen LogP contribution in [0.3, 0.4) is 0 Å². The highest BCUT2D eigenvalue weighted by Gasteiger charge is 2.46. The molecule has 1 aliphatic carbocycles. The van der Waals surface area contributed by atoms with Crippen LogP contribution in [0.15, 0.2) is 261 Å². The maximum Gasteiger partial charge on any atom is 0.0788 e. The Labute approximate surface area is 410 Å². The summed E-state index contributed by atoms with van der Waals surface area (Å²) in [4.78, 5) is 5.59. The molecule has 11 aromatic carbocycles. The van der Waals surface area contributed by atoms with Gasteiger partial charge in [0.15, 0.2) is 0 Å². The van der Waals surface area contributed by atoms with Crippen molar-refractivity contribution in [3.05, 3.63) is 283 Å². The van der Waals surface area contributed by atoms with E-state index < -0.39 is 5.41 Å². The molecule has 330 valence electrons. The van der Waals surface area contributed by atoms with Gasteiger partial charge in [0.2, 0.25) is 0 Å². The van der Waals surface area contributed by atoms with Crippen LogP contribution in [0.5, 0.6) is 0 Å². The zero-order valence-electron chi connectivity index (χ0n) is 38.7. The molecule has 0 saturated carbocycles. The van der Waals surface area contributed by atoms with Crippen LogP contribution in [0, 0.1) is 0 Å². The quantitative estimate of drug-likeness (QED) is 0.152. The average Bonchev–Trinajstić information content (AvgIpc) is 4.07. The minimum atomic E-state index is -0.511. The normalized spacial score (nSPS) is 12.9. The summed E-state index contributed by atoms with van der Waals surface area (Å²) < 4.78 is 4.88. The van der Waals surface area contributed by atoms with Crippen LogP contribution in [0.1, 0.15) is 22.3 Å². The monoisotopic (exact) mass is 901 g/mol. The number of hydrogen-bond donors (Lipinski definition) is 0. The second-order valence-corrected chi connectivity index (χ2v) is 19.0. The Balaban J connectivity index is 0.990. The van der Waals surface area contributed by atoms with E-state index >= 15 is 0 Å². The first-order valence-electron chi connectivity index (χ1n) is 24.5. The van der Waals surface area contributed by atoms with Crippen LogP contribution in [-0.2, 0) is 5.41 Å². The molecule has 0 N–H and O–H groups in total. The summed E-state index contributed by atoms with van der Waals surface area (Å²) >= 11 is 0. The van der Waals surface area contributed by atoms with Gasteiger partial charge in [0.25, 0.3) is 0 Å². The highest BCUT2D eigenvalue weighted by molar-refractivity contribution is 6.14. The molecule has 71 heavy (non-hydrogen) atoms. The fourth-order valence-corrected chi connectivity index (χ4v) is 12.4. The molecule has 3 heterocycles. The first kappa shape index (κ1) is 39.7. The molecule has 0 saturated heterocycles. The van der Waals surface area contributed by atoms with E-state index in [1.807, 2.05) is 0 Å². The summed E-state index contributed by atoms with van der Waals surface area (Å²) in [6.07, 6.45) is 0. The van der Waals surface area contributed by atoms with Crippen LogP contribution >= 0.6 is 0 Å². The van der Waals surface area contributed by atoms with Gasteiger partial charge in [-0.2, -0.15) is 0 Å². The molecule has 0 spiro atoms. The Hall–Kier alpha value is -9.31. The van der Waals surface area contributed by atoms with Gasteiger partial charge in [-0.25, -0.2) is 4.98 Å². The number of benzene rings is 11. The lowest BCUT2D eigenvalue weighted by Gasteiger charge is -2.34. The van der Waals surface area contributed by atoms with E-state index in [0.29, 0.717) is 0 Å². The predicted molar refractivity (Wildman–Crippen MR) is 296 cm³/mol. The van der Waals surface area contributed by atoms with Crippen molar-refractivity contribution in [2.45, 2.75) is 5.41 Å². The zero-order chi connectivity index (χ0) is 46.6. The highest BCUT2D eigenvalue weighted by atomic mass is 15.0. The number of hydrogen-bond acceptors (Lipinski definition) is 1. The van der Waals surface area contributed by atoms with Crippen LogP contribution in [0.25, 0.3) is 110 Å². The Morgan fingerprint density at radius 2 is 0.761 bits per heavy atom. The lowest BCUT2D eigenvalue weighted by Crippen LogP contribution is -2.28. The van der Waals surface area contributed by atoms with Gasteiger partial charge in [0, 0.05) is 49.3 Å². The lowest BCUT2D eigenvalue weighted by molar-refractivity contribution is 0.769. The van der Waals surface area contributed by atoms with Crippen molar-refractivity contribution in [3.8, 4) is 44.9 Å². The Morgan fingerprint density at radius 1 is 0.282 bits per heavy atom. The van der Waals surface area contributed by atoms with Crippen LogP contribution < -0.4 is 0 Å². The van der Waals surface area contributed by atoms with Gasteiger partial charge in [-0.15, -0.1) is 0 Å². The maximum atomic E-state index is 5.59. The summed E-state index contributed by atoms with van der Waals surface area (Å²) in [5.41, 5.74) is 19.3. The Bertz CT molecular complexity index is 4180. The fraction of sp³-hybridized carbons (Fsp3) is 0.0147. The van der Waals surface area contributed by atoms with E-state index in [9.17, 15) is 0 Å². The minimum Gasteiger partial charge on any atom is -0.309 e. The van der Waals surface area contributed by atoms with Crippen LogP contribution in [-0.4, -0.2) is 14.1 Å². The maximum absolute atomic E-state index is 5.59. The van der Waals surface area contributed by atoms with Crippen molar-refractivity contribution in [3.63, 3.8) is 0 Å². The molecule has 15 rings (SSSR count). The summed E-state index contributed by atoms with van der Waals surface area (Å²) in [6.45, 7) is 0. The SMILES string of the molecule is c1ccc(C2(c3ccccc3)c3ccccc3-c3cc4c(-c5cccc(-c6cc(-n7c8ccccc8c8ccccc87)cc(-n7c8ccccc8c8ccccc87)c6)c5)nc5ccccc5c4cc32)cc1. The number of rotatable bonds is 6. The Morgan fingerprint density at radius 3 is 1.34 bits per heavy atom. The standard InChI is InChI=1S/C68H43N3/c1-3-22-47(23-4-1)68(48-24-5-2-6-25-48)60-32-13-7-26-51(60)58-42-59-57(43-61(58)68)52-27-8-14-33-62(52)69-67(59)45-21-19-20-44(38-45)46-39-49(70-63-34-15-9-28-53(63)54-29-10-16-35-64(54)70)41-50(40-46)71-65-36-17-11-30-55(65)56-31-12-18-37-66(56)71/h1-43H. The van der Waals surface area contributed by atoms with Gasteiger partial charge >= 0.3 is 0 Å². The smallest absolute Gasteiger partial charge is 0.0788 e. The van der Waals surface area contributed by atoms with E-state index in [4.69, 9.17) is 4.98 Å². The second-order valence-electron chi connectivity index (χ2n) is 19.0. The van der Waals surface area contributed by atoms with Crippen LogP contribution in [0.2, 0.25) is 0 Å². The lowest BCUT2D eigenvalue weighted by atomic mass is 9.67. The molecule has 3 aromatic heterocycles. The Kier molecular flexibility index (Phi) is 8.57. The molecule has 14 aromatic rings. The van der Waals surface area contributed by atoms with Gasteiger partial charge < -0.3 is 9.13 Å². The molecule has 0 unspecified atom stereocenters. The first-order chi connectivity index (χ1) is 35.2. The molecular formula is C68H43N3. The molecule has 0 atom stereocenters. The molecule has 0 radical (unpaired) electrons. The molecule has 1 aliphatic rings. The van der Waals surface area contributed by atoms with E-state index in [-0.39, 0.29) is 0 Å². The van der Waals surface area contributed by atoms with Gasteiger partial charge in [0.1, 0.15) is 0 Å². The van der Waals surface area contributed by atoms with E-state index in [1.165, 1.54) is 82.4 Å². The molecule has 0 aliphatic heterocycles. The molecule has 3 heteroatoms. The molecular weight excluding hydrogens is 859 g/mol. The summed E-state index contributed by atoms with van der Waals surface area (Å²) in [5.74, 6) is 0.